The molecule has 5 rings (SSSR count). The van der Waals surface area contributed by atoms with Gasteiger partial charge in [-0.3, -0.25) is 0 Å². The highest BCUT2D eigenvalue weighted by Gasteiger charge is 2.17. The fourth-order valence-electron chi connectivity index (χ4n) is 4.14. The number of hydrogen-bond donors (Lipinski definition) is 0. The summed E-state index contributed by atoms with van der Waals surface area (Å²) < 4.78 is 14.0. The van der Waals surface area contributed by atoms with Gasteiger partial charge < -0.3 is 14.4 Å². The molecule has 0 aliphatic heterocycles. The van der Waals surface area contributed by atoms with Crippen LogP contribution >= 0.6 is 31.9 Å². The van der Waals surface area contributed by atoms with E-state index in [0.717, 1.165) is 42.9 Å². The van der Waals surface area contributed by atoms with Crippen LogP contribution in [-0.4, -0.2) is 0 Å². The molecule has 0 heterocycles. The highest BCUT2D eigenvalue weighted by molar-refractivity contribution is 9.11. The molecule has 0 N–H and O–H groups in total. The van der Waals surface area contributed by atoms with Gasteiger partial charge in [0.05, 0.1) is 11.4 Å². The molecule has 0 saturated carbocycles. The van der Waals surface area contributed by atoms with E-state index in [4.69, 9.17) is 9.47 Å². The van der Waals surface area contributed by atoms with Gasteiger partial charge in [0.25, 0.3) is 0 Å². The molecule has 0 spiro atoms. The summed E-state index contributed by atoms with van der Waals surface area (Å²) in [5.41, 5.74) is 5.56. The van der Waals surface area contributed by atoms with Crippen molar-refractivity contribution >= 4 is 43.2 Å². The first-order valence-corrected chi connectivity index (χ1v) is 14.0. The van der Waals surface area contributed by atoms with Crippen LogP contribution in [0.1, 0.15) is 16.7 Å². The summed E-state index contributed by atoms with van der Waals surface area (Å²) in [6, 6.07) is 43.1. The van der Waals surface area contributed by atoms with Crippen LogP contribution in [0.15, 0.2) is 136 Å². The third kappa shape index (κ3) is 6.85. The summed E-state index contributed by atoms with van der Waals surface area (Å²) in [4.78, 5) is 2.28. The van der Waals surface area contributed by atoms with Gasteiger partial charge in [-0.2, -0.15) is 0 Å². The molecular formula is C33H27Br2NO2. The molecule has 0 bridgehead atoms. The Labute approximate surface area is 240 Å². The molecule has 0 radical (unpaired) electrons. The lowest BCUT2D eigenvalue weighted by atomic mass is 10.1. The predicted octanol–water partition coefficient (Wildman–Crippen LogP) is 9.71. The standard InChI is InChI=1S/C33H27Br2NO2/c34-30-20-28(37-23-26-12-6-2-7-13-26)16-18-32(30)36(22-25-10-4-1-5-11-25)33-19-17-29(21-31(33)35)38-24-27-14-8-3-9-15-27/h1-21H,22-24H2. The molecule has 5 heteroatoms. The van der Waals surface area contributed by atoms with E-state index in [1.54, 1.807) is 0 Å². The molecule has 5 aromatic rings. The summed E-state index contributed by atoms with van der Waals surface area (Å²) in [6.45, 7) is 1.75. The van der Waals surface area contributed by atoms with Gasteiger partial charge in [0.2, 0.25) is 0 Å². The Morgan fingerprint density at radius 3 is 1.26 bits per heavy atom. The van der Waals surface area contributed by atoms with Gasteiger partial charge in [-0.15, -0.1) is 0 Å². The van der Waals surface area contributed by atoms with Crippen LogP contribution < -0.4 is 14.4 Å². The maximum atomic E-state index is 6.06. The Morgan fingerprint density at radius 2 is 0.868 bits per heavy atom. The number of ether oxygens (including phenoxy) is 2. The fraction of sp³-hybridized carbons (Fsp3) is 0.0909. The van der Waals surface area contributed by atoms with Crippen LogP contribution in [0, 0.1) is 0 Å². The summed E-state index contributed by atoms with van der Waals surface area (Å²) >= 11 is 7.63. The number of benzene rings is 5. The van der Waals surface area contributed by atoms with E-state index in [2.05, 4.69) is 97.4 Å². The second kappa shape index (κ2) is 12.8. The van der Waals surface area contributed by atoms with Gasteiger partial charge in [-0.25, -0.2) is 0 Å². The number of nitrogens with zero attached hydrogens (tertiary/aromatic N) is 1. The molecule has 5 aromatic carbocycles. The smallest absolute Gasteiger partial charge is 0.121 e. The Bertz CT molecular complexity index is 1370. The molecule has 190 valence electrons. The van der Waals surface area contributed by atoms with E-state index in [0.29, 0.717) is 19.8 Å². The Kier molecular flexibility index (Phi) is 8.79. The Hall–Kier alpha value is -3.54. The van der Waals surface area contributed by atoms with Gasteiger partial charge >= 0.3 is 0 Å². The van der Waals surface area contributed by atoms with Crippen molar-refractivity contribution in [1.82, 2.24) is 0 Å². The van der Waals surface area contributed by atoms with Crippen LogP contribution in [0.3, 0.4) is 0 Å². The minimum Gasteiger partial charge on any atom is -0.489 e. The molecule has 0 atom stereocenters. The van der Waals surface area contributed by atoms with Crippen molar-refractivity contribution in [2.75, 3.05) is 4.90 Å². The van der Waals surface area contributed by atoms with E-state index >= 15 is 0 Å². The first-order chi connectivity index (χ1) is 18.7. The molecule has 0 fully saturated rings. The third-order valence-corrected chi connectivity index (χ3v) is 7.37. The van der Waals surface area contributed by atoms with E-state index < -0.39 is 0 Å². The van der Waals surface area contributed by atoms with Gasteiger partial charge in [0, 0.05) is 15.5 Å². The third-order valence-electron chi connectivity index (χ3n) is 6.10. The van der Waals surface area contributed by atoms with Crippen LogP contribution in [0.2, 0.25) is 0 Å². The second-order valence-corrected chi connectivity index (χ2v) is 10.6. The van der Waals surface area contributed by atoms with Crippen molar-refractivity contribution in [2.24, 2.45) is 0 Å². The molecule has 0 aromatic heterocycles. The second-order valence-electron chi connectivity index (χ2n) is 8.85. The topological polar surface area (TPSA) is 21.7 Å². The van der Waals surface area contributed by atoms with Crippen LogP contribution in [0.4, 0.5) is 11.4 Å². The first-order valence-electron chi connectivity index (χ1n) is 12.4. The van der Waals surface area contributed by atoms with Crippen molar-refractivity contribution in [1.29, 1.82) is 0 Å². The lowest BCUT2D eigenvalue weighted by Gasteiger charge is -2.28. The maximum Gasteiger partial charge on any atom is 0.121 e. The molecule has 0 aliphatic rings. The largest absolute Gasteiger partial charge is 0.489 e. The highest BCUT2D eigenvalue weighted by Crippen LogP contribution is 2.40. The minimum absolute atomic E-state index is 0.524. The summed E-state index contributed by atoms with van der Waals surface area (Å²) in [6.07, 6.45) is 0. The maximum absolute atomic E-state index is 6.06. The lowest BCUT2D eigenvalue weighted by Crippen LogP contribution is -2.17. The molecular weight excluding hydrogens is 602 g/mol. The summed E-state index contributed by atoms with van der Waals surface area (Å²) in [7, 11) is 0. The van der Waals surface area contributed by atoms with E-state index in [1.807, 2.05) is 66.7 Å². The number of hydrogen-bond acceptors (Lipinski definition) is 3. The van der Waals surface area contributed by atoms with Crippen molar-refractivity contribution < 1.29 is 9.47 Å². The average Bonchev–Trinajstić information content (AvgIpc) is 2.96. The predicted molar refractivity (Wildman–Crippen MR) is 162 cm³/mol. The Balaban J connectivity index is 1.39. The normalized spacial score (nSPS) is 10.7. The van der Waals surface area contributed by atoms with Crippen molar-refractivity contribution in [2.45, 2.75) is 19.8 Å². The van der Waals surface area contributed by atoms with Crippen molar-refractivity contribution in [3.63, 3.8) is 0 Å². The number of halogens is 2. The molecule has 0 aliphatic carbocycles. The van der Waals surface area contributed by atoms with E-state index in [-0.39, 0.29) is 0 Å². The molecule has 0 saturated heterocycles. The molecule has 3 nitrogen and oxygen atoms in total. The fourth-order valence-corrected chi connectivity index (χ4v) is 5.28. The number of rotatable bonds is 10. The monoisotopic (exact) mass is 627 g/mol. The molecule has 0 amide bonds. The van der Waals surface area contributed by atoms with Gasteiger partial charge in [0.15, 0.2) is 0 Å². The van der Waals surface area contributed by atoms with Gasteiger partial charge in [-0.05, 0) is 84.9 Å². The minimum atomic E-state index is 0.524. The SMILES string of the molecule is Brc1cc(OCc2ccccc2)ccc1N(Cc1ccccc1)c1ccc(OCc2ccccc2)cc1Br. The van der Waals surface area contributed by atoms with Crippen molar-refractivity contribution in [3.05, 3.63) is 153 Å². The van der Waals surface area contributed by atoms with Crippen LogP contribution in [-0.2, 0) is 19.8 Å². The van der Waals surface area contributed by atoms with Gasteiger partial charge in [0.1, 0.15) is 24.7 Å². The Morgan fingerprint density at radius 1 is 0.474 bits per heavy atom. The average molecular weight is 629 g/mol. The zero-order chi connectivity index (χ0) is 26.2. The van der Waals surface area contributed by atoms with Gasteiger partial charge in [-0.1, -0.05) is 91.0 Å². The van der Waals surface area contributed by atoms with Crippen LogP contribution in [0.5, 0.6) is 11.5 Å². The van der Waals surface area contributed by atoms with Crippen molar-refractivity contribution in [3.8, 4) is 11.5 Å². The number of anilines is 2. The van der Waals surface area contributed by atoms with E-state index in [1.165, 1.54) is 5.56 Å². The highest BCUT2D eigenvalue weighted by atomic mass is 79.9. The zero-order valence-corrected chi connectivity index (χ0v) is 23.9. The molecule has 0 unspecified atom stereocenters. The summed E-state index contributed by atoms with van der Waals surface area (Å²) in [5, 5.41) is 0. The molecule has 38 heavy (non-hydrogen) atoms. The quantitative estimate of drug-likeness (QED) is 0.154. The van der Waals surface area contributed by atoms with E-state index in [9.17, 15) is 0 Å². The zero-order valence-electron chi connectivity index (χ0n) is 20.8. The summed E-state index contributed by atoms with van der Waals surface area (Å²) in [5.74, 6) is 1.63. The van der Waals surface area contributed by atoms with Crippen LogP contribution in [0.25, 0.3) is 0 Å². The lowest BCUT2D eigenvalue weighted by molar-refractivity contribution is 0.306. The first kappa shape index (κ1) is 26.1.